The lowest BCUT2D eigenvalue weighted by Gasteiger charge is -2.35. The van der Waals surface area contributed by atoms with Gasteiger partial charge in [0.1, 0.15) is 5.69 Å². The van der Waals surface area contributed by atoms with Crippen molar-refractivity contribution in [2.45, 2.75) is 38.1 Å². The summed E-state index contributed by atoms with van der Waals surface area (Å²) in [5.41, 5.74) is 0.581. The van der Waals surface area contributed by atoms with E-state index in [1.54, 1.807) is 18.3 Å². The Labute approximate surface area is 106 Å². The quantitative estimate of drug-likeness (QED) is 0.856. The molecule has 0 aromatic carbocycles. The van der Waals surface area contributed by atoms with Gasteiger partial charge in [0.2, 0.25) is 0 Å². The van der Waals surface area contributed by atoms with Gasteiger partial charge in [-0.2, -0.15) is 0 Å². The average molecular weight is 250 g/mol. The molecule has 98 valence electrons. The maximum atomic E-state index is 12.3. The number of carbonyl (C=O) groups is 2. The van der Waals surface area contributed by atoms with Gasteiger partial charge in [-0.25, -0.2) is 0 Å². The van der Waals surface area contributed by atoms with E-state index in [0.717, 1.165) is 25.8 Å². The van der Waals surface area contributed by atoms with Crippen LogP contribution in [0.1, 0.15) is 42.6 Å². The lowest BCUT2D eigenvalue weighted by Crippen LogP contribution is -2.44. The van der Waals surface area contributed by atoms with Gasteiger partial charge in [0.05, 0.1) is 0 Å². The van der Waals surface area contributed by atoms with Gasteiger partial charge in [0.15, 0.2) is 0 Å². The number of hydrogen-bond donors (Lipinski definition) is 2. The Balaban J connectivity index is 2.03. The minimum absolute atomic E-state index is 0.0184. The van der Waals surface area contributed by atoms with Gasteiger partial charge in [0, 0.05) is 25.2 Å². The molecule has 1 aromatic rings. The predicted octanol–water partition coefficient (Wildman–Crippen LogP) is 1.87. The van der Waals surface area contributed by atoms with Gasteiger partial charge in [0.25, 0.3) is 5.91 Å². The number of H-pyrrole nitrogens is 1. The number of piperidine rings is 1. The molecule has 0 bridgehead atoms. The first-order valence-corrected chi connectivity index (χ1v) is 6.34. The third-order valence-electron chi connectivity index (χ3n) is 3.41. The number of likely N-dealkylation sites (tertiary alicyclic amines) is 1. The molecule has 0 spiro atoms. The molecule has 18 heavy (non-hydrogen) atoms. The minimum atomic E-state index is -0.798. The zero-order valence-electron chi connectivity index (χ0n) is 10.3. The van der Waals surface area contributed by atoms with Crippen LogP contribution in [0.4, 0.5) is 0 Å². The van der Waals surface area contributed by atoms with Gasteiger partial charge < -0.3 is 15.0 Å². The van der Waals surface area contributed by atoms with Gasteiger partial charge in [-0.15, -0.1) is 0 Å². The lowest BCUT2D eigenvalue weighted by atomic mass is 9.97. The standard InChI is InChI=1S/C13H18N2O3/c16-12(17)7-6-10-4-1-2-9-15(10)13(18)11-5-3-8-14-11/h3,5,8,10,14H,1-2,4,6-7,9H2,(H,16,17). The number of carbonyl (C=O) groups excluding carboxylic acids is 1. The molecule has 0 radical (unpaired) electrons. The molecular weight excluding hydrogens is 232 g/mol. The molecule has 1 atom stereocenters. The van der Waals surface area contributed by atoms with Crippen molar-refractivity contribution in [2.75, 3.05) is 6.54 Å². The van der Waals surface area contributed by atoms with Crippen LogP contribution >= 0.6 is 0 Å². The number of amides is 1. The van der Waals surface area contributed by atoms with Crippen molar-refractivity contribution in [1.29, 1.82) is 0 Å². The fraction of sp³-hybridized carbons (Fsp3) is 0.538. The molecule has 1 unspecified atom stereocenters. The fourth-order valence-electron chi connectivity index (χ4n) is 2.48. The van der Waals surface area contributed by atoms with Crippen LogP contribution in [0.25, 0.3) is 0 Å². The normalized spacial score (nSPS) is 19.8. The Morgan fingerprint density at radius 2 is 2.28 bits per heavy atom. The molecule has 1 fully saturated rings. The van der Waals surface area contributed by atoms with E-state index < -0.39 is 5.97 Å². The highest BCUT2D eigenvalue weighted by Crippen LogP contribution is 2.22. The van der Waals surface area contributed by atoms with Crippen LogP contribution in [0.2, 0.25) is 0 Å². The van der Waals surface area contributed by atoms with E-state index in [-0.39, 0.29) is 18.4 Å². The summed E-state index contributed by atoms with van der Waals surface area (Å²) in [6.07, 6.45) is 5.36. The number of nitrogens with one attached hydrogen (secondary N) is 1. The summed E-state index contributed by atoms with van der Waals surface area (Å²) >= 11 is 0. The summed E-state index contributed by atoms with van der Waals surface area (Å²) in [6.45, 7) is 0.724. The van der Waals surface area contributed by atoms with E-state index in [1.807, 2.05) is 4.90 Å². The molecule has 5 nitrogen and oxygen atoms in total. The Morgan fingerprint density at radius 3 is 2.94 bits per heavy atom. The van der Waals surface area contributed by atoms with Gasteiger partial charge >= 0.3 is 5.97 Å². The molecule has 2 rings (SSSR count). The molecule has 0 saturated carbocycles. The first-order chi connectivity index (χ1) is 8.68. The van der Waals surface area contributed by atoms with E-state index in [0.29, 0.717) is 12.1 Å². The smallest absolute Gasteiger partial charge is 0.303 e. The van der Waals surface area contributed by atoms with Crippen molar-refractivity contribution >= 4 is 11.9 Å². The van der Waals surface area contributed by atoms with Crippen molar-refractivity contribution < 1.29 is 14.7 Å². The summed E-state index contributed by atoms with van der Waals surface area (Å²) in [5.74, 6) is -0.817. The van der Waals surface area contributed by atoms with E-state index in [4.69, 9.17) is 5.11 Å². The number of carboxylic acid groups (broad SMARTS) is 1. The number of rotatable bonds is 4. The molecule has 5 heteroatoms. The first-order valence-electron chi connectivity index (χ1n) is 6.34. The second-order valence-corrected chi connectivity index (χ2v) is 4.66. The van der Waals surface area contributed by atoms with Gasteiger partial charge in [-0.1, -0.05) is 0 Å². The second kappa shape index (κ2) is 5.71. The Hall–Kier alpha value is -1.78. The molecule has 0 aliphatic carbocycles. The number of carboxylic acids is 1. The highest BCUT2D eigenvalue weighted by atomic mass is 16.4. The van der Waals surface area contributed by atoms with E-state index in [1.165, 1.54) is 0 Å². The second-order valence-electron chi connectivity index (χ2n) is 4.66. The van der Waals surface area contributed by atoms with Crippen LogP contribution in [0.15, 0.2) is 18.3 Å². The zero-order chi connectivity index (χ0) is 13.0. The van der Waals surface area contributed by atoms with Gasteiger partial charge in [-0.3, -0.25) is 9.59 Å². The van der Waals surface area contributed by atoms with E-state index in [9.17, 15) is 9.59 Å². The SMILES string of the molecule is O=C(O)CCC1CCCCN1C(=O)c1ccc[nH]1. The summed E-state index contributed by atoms with van der Waals surface area (Å²) in [4.78, 5) is 27.6. The highest BCUT2D eigenvalue weighted by Gasteiger charge is 2.27. The molecule has 1 saturated heterocycles. The average Bonchev–Trinajstić information content (AvgIpc) is 2.89. The largest absolute Gasteiger partial charge is 0.481 e. The Morgan fingerprint density at radius 1 is 1.44 bits per heavy atom. The van der Waals surface area contributed by atoms with Crippen molar-refractivity contribution in [3.8, 4) is 0 Å². The van der Waals surface area contributed by atoms with Crippen LogP contribution in [0, 0.1) is 0 Å². The summed E-state index contributed by atoms with van der Waals surface area (Å²) in [7, 11) is 0. The summed E-state index contributed by atoms with van der Waals surface area (Å²) in [5, 5.41) is 8.74. The number of hydrogen-bond acceptors (Lipinski definition) is 2. The molecule has 1 amide bonds. The monoisotopic (exact) mass is 250 g/mol. The predicted molar refractivity (Wildman–Crippen MR) is 66.3 cm³/mol. The number of aromatic amines is 1. The van der Waals surface area contributed by atoms with Gasteiger partial charge in [-0.05, 0) is 37.8 Å². The topological polar surface area (TPSA) is 73.4 Å². The van der Waals surface area contributed by atoms with Crippen LogP contribution < -0.4 is 0 Å². The van der Waals surface area contributed by atoms with Crippen molar-refractivity contribution in [3.63, 3.8) is 0 Å². The maximum absolute atomic E-state index is 12.3. The minimum Gasteiger partial charge on any atom is -0.481 e. The highest BCUT2D eigenvalue weighted by molar-refractivity contribution is 5.92. The third-order valence-corrected chi connectivity index (χ3v) is 3.41. The molecular formula is C13H18N2O3. The maximum Gasteiger partial charge on any atom is 0.303 e. The van der Waals surface area contributed by atoms with E-state index >= 15 is 0 Å². The molecule has 1 aliphatic rings. The molecule has 1 aliphatic heterocycles. The Kier molecular flexibility index (Phi) is 4.02. The first kappa shape index (κ1) is 12.7. The van der Waals surface area contributed by atoms with Crippen LogP contribution in [-0.2, 0) is 4.79 Å². The molecule has 2 N–H and O–H groups in total. The van der Waals surface area contributed by atoms with Crippen molar-refractivity contribution in [1.82, 2.24) is 9.88 Å². The fourth-order valence-corrected chi connectivity index (χ4v) is 2.48. The van der Waals surface area contributed by atoms with Crippen molar-refractivity contribution in [2.24, 2.45) is 0 Å². The lowest BCUT2D eigenvalue weighted by molar-refractivity contribution is -0.137. The van der Waals surface area contributed by atoms with E-state index in [2.05, 4.69) is 4.98 Å². The summed E-state index contributed by atoms with van der Waals surface area (Å²) < 4.78 is 0. The Bertz CT molecular complexity index is 414. The number of aliphatic carboxylic acids is 1. The van der Waals surface area contributed by atoms with Crippen LogP contribution in [-0.4, -0.2) is 39.5 Å². The van der Waals surface area contributed by atoms with Crippen LogP contribution in [0.3, 0.4) is 0 Å². The molecule has 2 heterocycles. The zero-order valence-corrected chi connectivity index (χ0v) is 10.3. The number of aromatic nitrogens is 1. The third kappa shape index (κ3) is 2.91. The molecule has 1 aromatic heterocycles. The summed E-state index contributed by atoms with van der Waals surface area (Å²) in [6, 6.07) is 3.61. The van der Waals surface area contributed by atoms with Crippen molar-refractivity contribution in [3.05, 3.63) is 24.0 Å². The van der Waals surface area contributed by atoms with Crippen LogP contribution in [0.5, 0.6) is 0 Å². The number of nitrogens with zero attached hydrogens (tertiary/aromatic N) is 1.